The van der Waals surface area contributed by atoms with Crippen LogP contribution in [0.15, 0.2) is 29.3 Å². The maximum atomic E-state index is 12.8. The van der Waals surface area contributed by atoms with Crippen molar-refractivity contribution in [3.8, 4) is 11.6 Å². The van der Waals surface area contributed by atoms with Crippen molar-refractivity contribution < 1.29 is 31.1 Å². The first kappa shape index (κ1) is 23.6. The first-order valence-electron chi connectivity index (χ1n) is 8.82. The Morgan fingerprint density at radius 3 is 2.71 bits per heavy atom. The third-order valence-corrected chi connectivity index (χ3v) is 6.04. The van der Waals surface area contributed by atoms with E-state index in [1.54, 1.807) is 0 Å². The summed E-state index contributed by atoms with van der Waals surface area (Å²) in [7, 11) is -2.48. The van der Waals surface area contributed by atoms with Gasteiger partial charge in [0.1, 0.15) is 11.9 Å². The van der Waals surface area contributed by atoms with Crippen LogP contribution in [-0.2, 0) is 10.0 Å². The Hall–Kier alpha value is -2.02. The molecule has 0 radical (unpaired) electrons. The van der Waals surface area contributed by atoms with Gasteiger partial charge in [0, 0.05) is 19.2 Å². The number of nitrogens with one attached hydrogen (secondary N) is 1. The quantitative estimate of drug-likeness (QED) is 0.580. The fraction of sp³-hybridized carbons (Fsp3) is 0.412. The van der Waals surface area contributed by atoms with Gasteiger partial charge in [0.2, 0.25) is 11.2 Å². The fourth-order valence-electron chi connectivity index (χ4n) is 2.81. The second kappa shape index (κ2) is 9.23. The van der Waals surface area contributed by atoms with Crippen molar-refractivity contribution in [2.75, 3.05) is 31.5 Å². The maximum absolute atomic E-state index is 12.8. The Balaban J connectivity index is 1.83. The molecule has 0 spiro atoms. The van der Waals surface area contributed by atoms with Crippen LogP contribution in [-0.4, -0.2) is 62.3 Å². The second-order valence-corrected chi connectivity index (χ2v) is 9.15. The van der Waals surface area contributed by atoms with E-state index in [1.807, 2.05) is 7.05 Å². The molecule has 8 nitrogen and oxygen atoms in total. The van der Waals surface area contributed by atoms with Gasteiger partial charge in [-0.05, 0) is 37.2 Å². The van der Waals surface area contributed by atoms with E-state index in [-0.39, 0.29) is 22.6 Å². The lowest BCUT2D eigenvalue weighted by atomic mass is 10.3. The number of hydrogen-bond donors (Lipinski definition) is 1. The Morgan fingerprint density at radius 2 is 2.06 bits per heavy atom. The maximum Gasteiger partial charge on any atom is 0.422 e. The molecule has 0 unspecified atom stereocenters. The van der Waals surface area contributed by atoms with Gasteiger partial charge in [-0.1, -0.05) is 11.6 Å². The van der Waals surface area contributed by atoms with E-state index < -0.39 is 38.9 Å². The summed E-state index contributed by atoms with van der Waals surface area (Å²) in [4.78, 5) is 8.34. The van der Waals surface area contributed by atoms with Crippen LogP contribution in [0.25, 0.3) is 0 Å². The lowest BCUT2D eigenvalue weighted by Crippen LogP contribution is -2.22. The fourth-order valence-corrected chi connectivity index (χ4v) is 4.17. The zero-order valence-corrected chi connectivity index (χ0v) is 18.3. The molecule has 1 fully saturated rings. The largest absolute Gasteiger partial charge is 0.487 e. The van der Waals surface area contributed by atoms with Gasteiger partial charge < -0.3 is 14.4 Å². The molecule has 1 atom stereocenters. The van der Waals surface area contributed by atoms with E-state index in [9.17, 15) is 21.6 Å². The van der Waals surface area contributed by atoms with Crippen molar-refractivity contribution in [3.63, 3.8) is 0 Å². The Morgan fingerprint density at radius 1 is 1.32 bits per heavy atom. The number of likely N-dealkylation sites (N-methyl/N-ethyl adjacent to an activating group) is 1. The Kier molecular flexibility index (Phi) is 7.04. The zero-order chi connectivity index (χ0) is 22.8. The van der Waals surface area contributed by atoms with E-state index in [0.29, 0.717) is 6.54 Å². The number of sulfonamides is 1. The van der Waals surface area contributed by atoms with Crippen LogP contribution in [0.2, 0.25) is 10.3 Å². The van der Waals surface area contributed by atoms with E-state index >= 15 is 0 Å². The standard InChI is InChI=1S/C17H17Cl2F3N4O4S/c1-26-5-4-11(8-26)30-13-6-10(2-3-12(13)18)25-31(27,28)14-7-23-16(19)24-15(14)29-9-17(20,21)22/h2-3,6-7,11,25H,4-5,8-9H2,1H3/t11-/m1/s1. The molecule has 1 saturated heterocycles. The smallest absolute Gasteiger partial charge is 0.422 e. The highest BCUT2D eigenvalue weighted by atomic mass is 35.5. The number of ether oxygens (including phenoxy) is 2. The summed E-state index contributed by atoms with van der Waals surface area (Å²) in [5.41, 5.74) is 0.0717. The summed E-state index contributed by atoms with van der Waals surface area (Å²) in [6.45, 7) is -0.211. The van der Waals surface area contributed by atoms with Gasteiger partial charge in [-0.2, -0.15) is 18.2 Å². The number of hydrogen-bond acceptors (Lipinski definition) is 7. The highest BCUT2D eigenvalue weighted by molar-refractivity contribution is 7.92. The highest BCUT2D eigenvalue weighted by Crippen LogP contribution is 2.32. The first-order valence-corrected chi connectivity index (χ1v) is 11.1. The van der Waals surface area contributed by atoms with Gasteiger partial charge in [-0.3, -0.25) is 4.72 Å². The van der Waals surface area contributed by atoms with E-state index in [4.69, 9.17) is 27.9 Å². The lowest BCUT2D eigenvalue weighted by molar-refractivity contribution is -0.154. The van der Waals surface area contributed by atoms with Crippen molar-refractivity contribution >= 4 is 38.9 Å². The predicted octanol–water partition coefficient (Wildman–Crippen LogP) is 3.61. The second-order valence-electron chi connectivity index (χ2n) is 6.75. The normalized spacial score (nSPS) is 17.5. The van der Waals surface area contributed by atoms with Crippen LogP contribution >= 0.6 is 23.2 Å². The van der Waals surface area contributed by atoms with Crippen LogP contribution in [0.1, 0.15) is 6.42 Å². The number of likely N-dealkylation sites (tertiary alicyclic amines) is 1. The Labute approximate surface area is 186 Å². The average Bonchev–Trinajstić information content (AvgIpc) is 3.06. The molecule has 1 aliphatic rings. The van der Waals surface area contributed by atoms with Crippen molar-refractivity contribution in [1.82, 2.24) is 14.9 Å². The van der Waals surface area contributed by atoms with Gasteiger partial charge in [-0.25, -0.2) is 13.4 Å². The molecule has 14 heteroatoms. The number of halogens is 5. The number of nitrogens with zero attached hydrogens (tertiary/aromatic N) is 3. The SMILES string of the molecule is CN1CC[C@@H](Oc2cc(NS(=O)(=O)c3cnc(Cl)nc3OCC(F)(F)F)ccc2Cl)C1. The predicted molar refractivity (Wildman–Crippen MR) is 107 cm³/mol. The summed E-state index contributed by atoms with van der Waals surface area (Å²) in [5.74, 6) is -0.563. The number of alkyl halides is 3. The molecule has 0 bridgehead atoms. The highest BCUT2D eigenvalue weighted by Gasteiger charge is 2.31. The van der Waals surface area contributed by atoms with Crippen LogP contribution in [0.5, 0.6) is 11.6 Å². The van der Waals surface area contributed by atoms with Gasteiger partial charge >= 0.3 is 6.18 Å². The van der Waals surface area contributed by atoms with Gasteiger partial charge in [0.15, 0.2) is 11.5 Å². The molecule has 1 aliphatic heterocycles. The third kappa shape index (κ3) is 6.48. The minimum atomic E-state index is -4.71. The summed E-state index contributed by atoms with van der Waals surface area (Å²) < 4.78 is 75.6. The summed E-state index contributed by atoms with van der Waals surface area (Å²) >= 11 is 11.7. The summed E-state index contributed by atoms with van der Waals surface area (Å²) in [5, 5.41) is -0.193. The van der Waals surface area contributed by atoms with Crippen molar-refractivity contribution in [1.29, 1.82) is 0 Å². The molecular formula is C17H17Cl2F3N4O4S. The number of benzene rings is 1. The molecule has 1 aromatic heterocycles. The molecule has 31 heavy (non-hydrogen) atoms. The minimum absolute atomic E-state index is 0.0717. The molecule has 0 aliphatic carbocycles. The molecule has 2 heterocycles. The topological polar surface area (TPSA) is 93.7 Å². The average molecular weight is 501 g/mol. The molecule has 1 aromatic carbocycles. The Bertz CT molecular complexity index is 1060. The van der Waals surface area contributed by atoms with Crippen molar-refractivity contribution in [3.05, 3.63) is 34.7 Å². The molecular weight excluding hydrogens is 484 g/mol. The van der Waals surface area contributed by atoms with Crippen LogP contribution < -0.4 is 14.2 Å². The van der Waals surface area contributed by atoms with Gasteiger partial charge in [0.05, 0.1) is 16.9 Å². The lowest BCUT2D eigenvalue weighted by Gasteiger charge is -2.17. The van der Waals surface area contributed by atoms with Crippen LogP contribution in [0, 0.1) is 0 Å². The van der Waals surface area contributed by atoms with Crippen LogP contribution in [0.3, 0.4) is 0 Å². The molecule has 1 N–H and O–H groups in total. The third-order valence-electron chi connectivity index (χ3n) is 4.18. The monoisotopic (exact) mass is 500 g/mol. The van der Waals surface area contributed by atoms with Crippen LogP contribution in [0.4, 0.5) is 18.9 Å². The number of aromatic nitrogens is 2. The zero-order valence-electron chi connectivity index (χ0n) is 16.0. The van der Waals surface area contributed by atoms with E-state index in [0.717, 1.165) is 19.2 Å². The molecule has 0 amide bonds. The summed E-state index contributed by atoms with van der Waals surface area (Å²) in [6, 6.07) is 4.19. The van der Waals surface area contributed by atoms with Gasteiger partial charge in [0.25, 0.3) is 10.0 Å². The van der Waals surface area contributed by atoms with Gasteiger partial charge in [-0.15, -0.1) is 0 Å². The molecule has 2 aromatic rings. The minimum Gasteiger partial charge on any atom is -0.487 e. The molecule has 170 valence electrons. The van der Waals surface area contributed by atoms with Crippen molar-refractivity contribution in [2.45, 2.75) is 23.6 Å². The molecule has 3 rings (SSSR count). The molecule has 0 saturated carbocycles. The summed E-state index contributed by atoms with van der Waals surface area (Å²) in [6.07, 6.45) is -3.28. The van der Waals surface area contributed by atoms with E-state index in [1.165, 1.54) is 18.2 Å². The first-order chi connectivity index (χ1) is 14.4. The number of rotatable bonds is 7. The van der Waals surface area contributed by atoms with E-state index in [2.05, 4.69) is 24.3 Å². The number of anilines is 1. The van der Waals surface area contributed by atoms with Crippen molar-refractivity contribution in [2.24, 2.45) is 0 Å².